The maximum absolute atomic E-state index is 13.6. The largest absolute Gasteiger partial charge is 0.393 e. The van der Waals surface area contributed by atoms with Crippen molar-refractivity contribution in [1.82, 2.24) is 4.90 Å². The number of aliphatic hydroxyl groups is 1. The third-order valence-corrected chi connectivity index (χ3v) is 3.60. The molecule has 1 aromatic carbocycles. The molecule has 3 nitrogen and oxygen atoms in total. The Labute approximate surface area is 112 Å². The van der Waals surface area contributed by atoms with Crippen LogP contribution in [0.15, 0.2) is 16.6 Å². The summed E-state index contributed by atoms with van der Waals surface area (Å²) in [6, 6.07) is 1.84. The average molecular weight is 320 g/mol. The molecule has 0 radical (unpaired) electrons. The van der Waals surface area contributed by atoms with Gasteiger partial charge in [-0.1, -0.05) is 0 Å². The molecule has 0 spiro atoms. The van der Waals surface area contributed by atoms with Crippen molar-refractivity contribution in [3.63, 3.8) is 0 Å². The van der Waals surface area contributed by atoms with E-state index in [0.29, 0.717) is 32.0 Å². The summed E-state index contributed by atoms with van der Waals surface area (Å²) in [4.78, 5) is 13.5. The van der Waals surface area contributed by atoms with E-state index >= 15 is 0 Å². The maximum Gasteiger partial charge on any atom is 0.256 e. The normalized spacial score (nSPS) is 17.0. The summed E-state index contributed by atoms with van der Waals surface area (Å²) in [6.07, 6.45) is 0.560. The summed E-state index contributed by atoms with van der Waals surface area (Å²) in [7, 11) is 0. The highest BCUT2D eigenvalue weighted by Crippen LogP contribution is 2.22. The quantitative estimate of drug-likeness (QED) is 0.807. The third-order valence-electron chi connectivity index (χ3n) is 2.99. The van der Waals surface area contributed by atoms with E-state index in [1.807, 2.05) is 0 Å². The van der Waals surface area contributed by atoms with Gasteiger partial charge in [-0.15, -0.1) is 0 Å². The molecule has 0 atom stereocenters. The second-order valence-corrected chi connectivity index (χ2v) is 5.12. The first-order chi connectivity index (χ1) is 8.49. The standard InChI is InChI=1S/C12H12BrF2NO2/c13-9-5-8(10(14)6-11(9)15)12(18)16-3-1-7(17)2-4-16/h5-7,17H,1-4H2. The number of likely N-dealkylation sites (tertiary alicyclic amines) is 1. The van der Waals surface area contributed by atoms with Crippen molar-refractivity contribution in [1.29, 1.82) is 0 Å². The number of benzene rings is 1. The molecule has 0 saturated carbocycles. The van der Waals surface area contributed by atoms with Gasteiger partial charge in [-0.3, -0.25) is 4.79 Å². The van der Waals surface area contributed by atoms with Gasteiger partial charge < -0.3 is 10.0 Å². The zero-order valence-electron chi connectivity index (χ0n) is 9.50. The van der Waals surface area contributed by atoms with Crippen LogP contribution in [0.4, 0.5) is 8.78 Å². The molecule has 2 rings (SSSR count). The van der Waals surface area contributed by atoms with Crippen molar-refractivity contribution in [3.8, 4) is 0 Å². The molecule has 0 unspecified atom stereocenters. The van der Waals surface area contributed by atoms with E-state index in [1.54, 1.807) is 0 Å². The molecule has 0 bridgehead atoms. The van der Waals surface area contributed by atoms with Crippen LogP contribution in [0.3, 0.4) is 0 Å². The molecular formula is C12H12BrF2NO2. The molecule has 1 aliphatic rings. The van der Waals surface area contributed by atoms with Gasteiger partial charge in [-0.05, 0) is 34.8 Å². The van der Waals surface area contributed by atoms with Crippen molar-refractivity contribution in [3.05, 3.63) is 33.8 Å². The van der Waals surface area contributed by atoms with Gasteiger partial charge in [0.1, 0.15) is 11.6 Å². The summed E-state index contributed by atoms with van der Waals surface area (Å²) in [5.74, 6) is -2.08. The Kier molecular flexibility index (Phi) is 3.97. The lowest BCUT2D eigenvalue weighted by atomic mass is 10.1. The van der Waals surface area contributed by atoms with E-state index in [-0.39, 0.29) is 10.0 Å². The summed E-state index contributed by atoms with van der Waals surface area (Å²) in [6.45, 7) is 0.767. The summed E-state index contributed by atoms with van der Waals surface area (Å²) in [5.41, 5.74) is -0.153. The molecule has 6 heteroatoms. The first-order valence-corrected chi connectivity index (χ1v) is 6.40. The smallest absolute Gasteiger partial charge is 0.256 e. The van der Waals surface area contributed by atoms with Crippen LogP contribution >= 0.6 is 15.9 Å². The summed E-state index contributed by atoms with van der Waals surface area (Å²) < 4.78 is 26.7. The molecule has 1 N–H and O–H groups in total. The molecular weight excluding hydrogens is 308 g/mol. The minimum Gasteiger partial charge on any atom is -0.393 e. The molecule has 1 fully saturated rings. The predicted octanol–water partition coefficient (Wildman–Crippen LogP) is 2.32. The Hall–Kier alpha value is -1.01. The maximum atomic E-state index is 13.6. The topological polar surface area (TPSA) is 40.5 Å². The number of aliphatic hydroxyl groups excluding tert-OH is 1. The average Bonchev–Trinajstić information content (AvgIpc) is 2.34. The second-order valence-electron chi connectivity index (χ2n) is 4.27. The number of hydrogen-bond acceptors (Lipinski definition) is 2. The highest BCUT2D eigenvalue weighted by atomic mass is 79.9. The number of rotatable bonds is 1. The fourth-order valence-corrected chi connectivity index (χ4v) is 2.27. The van der Waals surface area contributed by atoms with Crippen LogP contribution in [0.2, 0.25) is 0 Å². The molecule has 18 heavy (non-hydrogen) atoms. The number of nitrogens with zero attached hydrogens (tertiary/aromatic N) is 1. The van der Waals surface area contributed by atoms with E-state index in [1.165, 1.54) is 4.90 Å². The monoisotopic (exact) mass is 319 g/mol. The molecule has 1 amide bonds. The van der Waals surface area contributed by atoms with Crippen LogP contribution in [0.1, 0.15) is 23.2 Å². The van der Waals surface area contributed by atoms with Crippen molar-refractivity contribution < 1.29 is 18.7 Å². The molecule has 1 saturated heterocycles. The number of piperidine rings is 1. The lowest BCUT2D eigenvalue weighted by Gasteiger charge is -2.29. The van der Waals surface area contributed by atoms with Gasteiger partial charge in [0.05, 0.1) is 16.1 Å². The Morgan fingerprint density at radius 2 is 1.89 bits per heavy atom. The van der Waals surface area contributed by atoms with E-state index in [0.717, 1.165) is 6.07 Å². The van der Waals surface area contributed by atoms with Gasteiger partial charge in [0, 0.05) is 19.2 Å². The number of hydrogen-bond donors (Lipinski definition) is 1. The molecule has 1 heterocycles. The van der Waals surface area contributed by atoms with Gasteiger partial charge >= 0.3 is 0 Å². The molecule has 1 aliphatic heterocycles. The fraction of sp³-hybridized carbons (Fsp3) is 0.417. The molecule has 0 aromatic heterocycles. The van der Waals surface area contributed by atoms with Crippen molar-refractivity contribution in [2.24, 2.45) is 0 Å². The number of halogens is 3. The van der Waals surface area contributed by atoms with Crippen LogP contribution in [0.25, 0.3) is 0 Å². The van der Waals surface area contributed by atoms with E-state index in [2.05, 4.69) is 15.9 Å². The Bertz CT molecular complexity index is 473. The molecule has 0 aliphatic carbocycles. The second kappa shape index (κ2) is 5.32. The summed E-state index contributed by atoms with van der Waals surface area (Å²) in [5, 5.41) is 9.35. The Morgan fingerprint density at radius 3 is 2.50 bits per heavy atom. The third kappa shape index (κ3) is 2.70. The minimum atomic E-state index is -0.869. The van der Waals surface area contributed by atoms with Crippen LogP contribution in [-0.4, -0.2) is 35.1 Å². The zero-order valence-corrected chi connectivity index (χ0v) is 11.1. The highest BCUT2D eigenvalue weighted by Gasteiger charge is 2.25. The lowest BCUT2D eigenvalue weighted by molar-refractivity contribution is 0.0542. The van der Waals surface area contributed by atoms with Gasteiger partial charge in [-0.25, -0.2) is 8.78 Å². The highest BCUT2D eigenvalue weighted by molar-refractivity contribution is 9.10. The van der Waals surface area contributed by atoms with E-state index in [4.69, 9.17) is 0 Å². The van der Waals surface area contributed by atoms with Gasteiger partial charge in [-0.2, -0.15) is 0 Å². The first-order valence-electron chi connectivity index (χ1n) is 5.61. The van der Waals surface area contributed by atoms with Crippen LogP contribution in [0.5, 0.6) is 0 Å². The Balaban J connectivity index is 2.21. The number of carbonyl (C=O) groups excluding carboxylic acids is 1. The van der Waals surface area contributed by atoms with Gasteiger partial charge in [0.25, 0.3) is 5.91 Å². The molecule has 98 valence electrons. The van der Waals surface area contributed by atoms with Gasteiger partial charge in [0.2, 0.25) is 0 Å². The van der Waals surface area contributed by atoms with Crippen LogP contribution < -0.4 is 0 Å². The lowest BCUT2D eigenvalue weighted by Crippen LogP contribution is -2.40. The van der Waals surface area contributed by atoms with Crippen molar-refractivity contribution in [2.75, 3.05) is 13.1 Å². The van der Waals surface area contributed by atoms with Gasteiger partial charge in [0.15, 0.2) is 0 Å². The molecule has 1 aromatic rings. The first kappa shape index (κ1) is 13.4. The van der Waals surface area contributed by atoms with Crippen molar-refractivity contribution in [2.45, 2.75) is 18.9 Å². The van der Waals surface area contributed by atoms with Crippen LogP contribution in [-0.2, 0) is 0 Å². The van der Waals surface area contributed by atoms with Crippen molar-refractivity contribution >= 4 is 21.8 Å². The van der Waals surface area contributed by atoms with E-state index in [9.17, 15) is 18.7 Å². The van der Waals surface area contributed by atoms with Crippen LogP contribution in [0, 0.1) is 11.6 Å². The minimum absolute atomic E-state index is 0.0595. The zero-order chi connectivity index (χ0) is 13.3. The summed E-state index contributed by atoms with van der Waals surface area (Å²) >= 11 is 2.93. The SMILES string of the molecule is O=C(c1cc(Br)c(F)cc1F)N1CCC(O)CC1. The predicted molar refractivity (Wildman–Crippen MR) is 65.2 cm³/mol. The number of amides is 1. The number of carbonyl (C=O) groups is 1. The van der Waals surface area contributed by atoms with E-state index < -0.39 is 23.6 Å². The fourth-order valence-electron chi connectivity index (χ4n) is 1.93. The Morgan fingerprint density at radius 1 is 1.28 bits per heavy atom.